The van der Waals surface area contributed by atoms with Gasteiger partial charge in [0, 0.05) is 0 Å². The molecule has 2 atom stereocenters. The van der Waals surface area contributed by atoms with E-state index in [0.29, 0.717) is 18.8 Å². The van der Waals surface area contributed by atoms with E-state index < -0.39 is 23.3 Å². The number of carbonyl (C=O) groups is 2. The molecule has 1 aliphatic rings. The molecule has 0 bridgehead atoms. The fourth-order valence-electron chi connectivity index (χ4n) is 2.09. The van der Waals surface area contributed by atoms with E-state index in [-0.39, 0.29) is 35.5 Å². The van der Waals surface area contributed by atoms with Gasteiger partial charge in [0.15, 0.2) is 0 Å². The van der Waals surface area contributed by atoms with Gasteiger partial charge in [0.2, 0.25) is 5.91 Å². The van der Waals surface area contributed by atoms with Gasteiger partial charge in [0.25, 0.3) is 5.91 Å². The van der Waals surface area contributed by atoms with Crippen molar-refractivity contribution in [3.05, 3.63) is 12.7 Å². The van der Waals surface area contributed by atoms with E-state index in [9.17, 15) is 14.7 Å². The third-order valence-corrected chi connectivity index (χ3v) is 3.46. The van der Waals surface area contributed by atoms with Gasteiger partial charge in [-0.1, -0.05) is 26.8 Å². The number of rotatable bonds is 5. The normalized spacial score (nSPS) is 24.3. The van der Waals surface area contributed by atoms with Crippen LogP contribution in [0.15, 0.2) is 17.6 Å². The summed E-state index contributed by atoms with van der Waals surface area (Å²) >= 11 is 0. The summed E-state index contributed by atoms with van der Waals surface area (Å²) in [5.41, 5.74) is -1.28. The monoisotopic (exact) mass is 274 g/mol. The second-order valence-electron chi connectivity index (χ2n) is 5.10. The molecule has 0 spiro atoms. The maximum Gasteiger partial charge on any atom is 1.00 e. The Morgan fingerprint density at radius 1 is 1.42 bits per heavy atom. The average molecular weight is 274 g/mol. The van der Waals surface area contributed by atoms with Crippen LogP contribution in [0.4, 0.5) is 0 Å². The Morgan fingerprint density at radius 3 is 2.42 bits per heavy atom. The first-order valence-corrected chi connectivity index (χ1v) is 6.08. The van der Waals surface area contributed by atoms with Crippen molar-refractivity contribution in [3.63, 3.8) is 0 Å². The molecule has 1 rings (SSSR count). The zero-order valence-electron chi connectivity index (χ0n) is 12.0. The minimum absolute atomic E-state index is 0. The number of hydrogen-bond acceptors (Lipinski definition) is 3. The van der Waals surface area contributed by atoms with Crippen molar-refractivity contribution in [3.8, 4) is 0 Å². The maximum absolute atomic E-state index is 12.1. The molecule has 100 valence electrons. The molecule has 0 saturated heterocycles. The van der Waals surface area contributed by atoms with Crippen LogP contribution in [-0.2, 0) is 9.59 Å². The number of amidine groups is 1. The van der Waals surface area contributed by atoms with E-state index in [1.54, 1.807) is 13.0 Å². The molecule has 1 N–H and O–H groups in total. The number of aliphatic imine (C=N–C) groups is 1. The van der Waals surface area contributed by atoms with Crippen molar-refractivity contribution in [1.82, 2.24) is 5.32 Å². The summed E-state index contributed by atoms with van der Waals surface area (Å²) in [6, 6.07) is -0.874. The molecule has 0 fully saturated rings. The van der Waals surface area contributed by atoms with Gasteiger partial charge in [-0.15, -0.1) is 6.58 Å². The van der Waals surface area contributed by atoms with Crippen LogP contribution in [0, 0.1) is 17.3 Å². The van der Waals surface area contributed by atoms with Gasteiger partial charge in [-0.05, 0) is 24.7 Å². The molecule has 0 radical (unpaired) electrons. The van der Waals surface area contributed by atoms with E-state index in [0.717, 1.165) is 0 Å². The van der Waals surface area contributed by atoms with Crippen LogP contribution in [0.25, 0.3) is 0 Å². The summed E-state index contributed by atoms with van der Waals surface area (Å²) in [5.74, 6) is -1.21. The van der Waals surface area contributed by atoms with Gasteiger partial charge in [-0.2, -0.15) is 0 Å². The fraction of sp³-hybridized carbons (Fsp3) is 0.615. The summed E-state index contributed by atoms with van der Waals surface area (Å²) in [6.07, 6.45) is 2.64. The SMILES string of the molecule is C=CC(C)C1(CCC(C)C)C(=O)N=C([O-])NC1=O.[Na+]. The minimum Gasteiger partial charge on any atom is -0.846 e. The van der Waals surface area contributed by atoms with Crippen LogP contribution in [0.1, 0.15) is 33.6 Å². The van der Waals surface area contributed by atoms with Crippen LogP contribution in [0.3, 0.4) is 0 Å². The van der Waals surface area contributed by atoms with E-state index in [4.69, 9.17) is 0 Å². The molecule has 6 heteroatoms. The van der Waals surface area contributed by atoms with Crippen LogP contribution < -0.4 is 40.0 Å². The standard InChI is InChI=1S/C13H20N2O3.Na/c1-5-9(4)13(7-6-8(2)3)10(16)14-12(18)15-11(13)17;/h5,8-9H,1,6-7H2,2-4H3,(H2,14,15,16,17,18);/q;+1/p-1. The Hall–Kier alpha value is -0.650. The molecule has 2 unspecified atom stereocenters. The summed E-state index contributed by atoms with van der Waals surface area (Å²) < 4.78 is 0. The summed E-state index contributed by atoms with van der Waals surface area (Å²) in [5, 5.41) is 13.2. The van der Waals surface area contributed by atoms with Crippen molar-refractivity contribution in [2.24, 2.45) is 22.2 Å². The predicted molar refractivity (Wildman–Crippen MR) is 66.5 cm³/mol. The fourth-order valence-corrected chi connectivity index (χ4v) is 2.09. The van der Waals surface area contributed by atoms with Crippen LogP contribution in [0.5, 0.6) is 0 Å². The Balaban J connectivity index is 0.00000324. The predicted octanol–water partition coefficient (Wildman–Crippen LogP) is -2.39. The minimum atomic E-state index is -1.28. The van der Waals surface area contributed by atoms with Crippen molar-refractivity contribution >= 4 is 17.8 Å². The first-order valence-electron chi connectivity index (χ1n) is 6.08. The van der Waals surface area contributed by atoms with Gasteiger partial charge in [0.1, 0.15) is 5.41 Å². The smallest absolute Gasteiger partial charge is 0.846 e. The Kier molecular flexibility index (Phi) is 6.97. The molecule has 0 saturated carbocycles. The van der Waals surface area contributed by atoms with E-state index >= 15 is 0 Å². The van der Waals surface area contributed by atoms with Crippen LogP contribution in [0.2, 0.25) is 0 Å². The van der Waals surface area contributed by atoms with Crippen molar-refractivity contribution in [2.45, 2.75) is 33.6 Å². The van der Waals surface area contributed by atoms with Crippen LogP contribution in [-0.4, -0.2) is 17.8 Å². The number of allylic oxidation sites excluding steroid dienone is 1. The number of nitrogens with one attached hydrogen (secondary N) is 1. The second kappa shape index (κ2) is 7.22. The molecule has 1 heterocycles. The van der Waals surface area contributed by atoms with E-state index in [2.05, 4.69) is 16.9 Å². The summed E-state index contributed by atoms with van der Waals surface area (Å²) in [6.45, 7) is 9.41. The molecule has 2 amide bonds. The third-order valence-electron chi connectivity index (χ3n) is 3.46. The van der Waals surface area contributed by atoms with Gasteiger partial charge in [-0.3, -0.25) is 9.59 Å². The van der Waals surface area contributed by atoms with Gasteiger partial charge < -0.3 is 10.4 Å². The topological polar surface area (TPSA) is 81.6 Å². The molecular formula is C13H19N2NaO3. The number of hydrogen-bond donors (Lipinski definition) is 1. The van der Waals surface area contributed by atoms with Crippen molar-refractivity contribution < 1.29 is 44.3 Å². The first-order chi connectivity index (χ1) is 8.34. The first kappa shape index (κ1) is 18.4. The van der Waals surface area contributed by atoms with E-state index in [1.165, 1.54) is 0 Å². The zero-order chi connectivity index (χ0) is 13.9. The molecule has 0 aromatic heterocycles. The number of carbonyl (C=O) groups excluding carboxylic acids is 2. The molecule has 5 nitrogen and oxygen atoms in total. The Morgan fingerprint density at radius 2 is 2.00 bits per heavy atom. The van der Waals surface area contributed by atoms with Crippen molar-refractivity contribution in [1.29, 1.82) is 0 Å². The summed E-state index contributed by atoms with van der Waals surface area (Å²) in [7, 11) is 0. The molecule has 1 aliphatic heterocycles. The molecule has 0 aromatic rings. The van der Waals surface area contributed by atoms with Gasteiger partial charge in [0.05, 0.1) is 6.02 Å². The second-order valence-corrected chi connectivity index (χ2v) is 5.10. The van der Waals surface area contributed by atoms with Gasteiger partial charge in [-0.25, -0.2) is 4.99 Å². The number of amides is 2. The maximum atomic E-state index is 12.1. The average Bonchev–Trinajstić information content (AvgIpc) is 2.27. The van der Waals surface area contributed by atoms with Crippen LogP contribution >= 0.6 is 0 Å². The van der Waals surface area contributed by atoms with E-state index in [1.807, 2.05) is 13.8 Å². The zero-order valence-corrected chi connectivity index (χ0v) is 14.0. The Labute approximate surface area is 135 Å². The molecule has 0 aliphatic carbocycles. The quantitative estimate of drug-likeness (QED) is 0.345. The molecular weight excluding hydrogens is 255 g/mol. The van der Waals surface area contributed by atoms with Crippen molar-refractivity contribution in [2.75, 3.05) is 0 Å². The summed E-state index contributed by atoms with van der Waals surface area (Å²) in [4.78, 5) is 27.5. The van der Waals surface area contributed by atoms with Gasteiger partial charge >= 0.3 is 29.6 Å². The third kappa shape index (κ3) is 3.68. The number of nitrogens with zero attached hydrogens (tertiary/aromatic N) is 1. The largest absolute Gasteiger partial charge is 1.00 e. The molecule has 19 heavy (non-hydrogen) atoms. The Bertz CT molecular complexity index is 407. The molecule has 0 aromatic carbocycles.